The van der Waals surface area contributed by atoms with Crippen molar-refractivity contribution in [1.29, 1.82) is 0 Å². The van der Waals surface area contributed by atoms with Crippen molar-refractivity contribution >= 4 is 7.82 Å². The molecule has 3 N–H and O–H groups in total. The monoisotopic (exact) mass is 352 g/mol. The fourth-order valence-corrected chi connectivity index (χ4v) is 2.76. The quantitative estimate of drug-likeness (QED) is 0.524. The zero-order chi connectivity index (χ0) is 17.2. The second-order valence-electron chi connectivity index (χ2n) is 4.67. The summed E-state index contributed by atoms with van der Waals surface area (Å²) in [5, 5.41) is 20.0. The van der Waals surface area contributed by atoms with Gasteiger partial charge < -0.3 is 14.9 Å². The summed E-state index contributed by atoms with van der Waals surface area (Å²) in [6, 6.07) is 1.07. The number of H-pyrrole nitrogens is 1. The number of nitrogens with zero attached hydrogens (tertiary/aromatic N) is 1. The van der Waals surface area contributed by atoms with Crippen LogP contribution in [0, 0.1) is 0 Å². The van der Waals surface area contributed by atoms with Gasteiger partial charge in [0, 0.05) is 26.5 Å². The predicted molar refractivity (Wildman–Crippen MR) is 74.8 cm³/mol. The van der Waals surface area contributed by atoms with Crippen LogP contribution in [0.5, 0.6) is 0 Å². The molecule has 12 heteroatoms. The lowest BCUT2D eigenvalue weighted by molar-refractivity contribution is -0.0552. The zero-order valence-electron chi connectivity index (χ0n) is 12.3. The average molecular weight is 352 g/mol. The van der Waals surface area contributed by atoms with Crippen LogP contribution in [-0.4, -0.2) is 58.9 Å². The number of phosphoric ester groups is 1. The van der Waals surface area contributed by atoms with Gasteiger partial charge in [-0.3, -0.25) is 27.9 Å². The van der Waals surface area contributed by atoms with Crippen molar-refractivity contribution in [3.63, 3.8) is 0 Å². The van der Waals surface area contributed by atoms with Gasteiger partial charge in [0.15, 0.2) is 6.23 Å². The minimum atomic E-state index is -3.78. The topological polar surface area (TPSA) is 149 Å². The van der Waals surface area contributed by atoms with Crippen LogP contribution >= 0.6 is 7.82 Å². The summed E-state index contributed by atoms with van der Waals surface area (Å²) in [4.78, 5) is 24.8. The molecule has 0 saturated carbocycles. The molecule has 23 heavy (non-hydrogen) atoms. The molecular weight excluding hydrogens is 335 g/mol. The molecule has 0 unspecified atom stereocenters. The molecule has 0 bridgehead atoms. The summed E-state index contributed by atoms with van der Waals surface area (Å²) in [7, 11) is -1.54. The number of hydrogen-bond donors (Lipinski definition) is 3. The third-order valence-electron chi connectivity index (χ3n) is 3.31. The molecule has 0 amide bonds. The van der Waals surface area contributed by atoms with E-state index >= 15 is 0 Å². The fraction of sp³-hybridized carbons (Fsp3) is 0.636. The van der Waals surface area contributed by atoms with E-state index < -0.39 is 50.2 Å². The molecule has 1 fully saturated rings. The van der Waals surface area contributed by atoms with Crippen LogP contribution in [0.4, 0.5) is 0 Å². The van der Waals surface area contributed by atoms with Crippen molar-refractivity contribution in [2.45, 2.75) is 24.5 Å². The Kier molecular flexibility index (Phi) is 5.53. The second kappa shape index (κ2) is 7.05. The number of aliphatic hydroxyl groups excluding tert-OH is 2. The van der Waals surface area contributed by atoms with Gasteiger partial charge in [-0.15, -0.1) is 0 Å². The number of aromatic nitrogens is 2. The molecule has 2 rings (SSSR count). The van der Waals surface area contributed by atoms with Crippen molar-refractivity contribution < 1.29 is 33.1 Å². The Labute approximate surface area is 130 Å². The summed E-state index contributed by atoms with van der Waals surface area (Å²) < 4.78 is 32.1. The van der Waals surface area contributed by atoms with Crippen LogP contribution in [0.3, 0.4) is 0 Å². The smallest absolute Gasteiger partial charge is 0.387 e. The van der Waals surface area contributed by atoms with Crippen LogP contribution < -0.4 is 11.2 Å². The van der Waals surface area contributed by atoms with E-state index in [4.69, 9.17) is 9.26 Å². The summed E-state index contributed by atoms with van der Waals surface area (Å²) in [6.45, 7) is -0.411. The maximum Gasteiger partial charge on any atom is 0.474 e. The summed E-state index contributed by atoms with van der Waals surface area (Å²) in [5.41, 5.74) is -1.42. The van der Waals surface area contributed by atoms with E-state index in [1.807, 2.05) is 4.98 Å². The molecule has 4 atom stereocenters. The lowest BCUT2D eigenvalue weighted by Gasteiger charge is -2.18. The Morgan fingerprint density at radius 3 is 2.52 bits per heavy atom. The standard InChI is InChI=1S/C11H17N2O9P/c1-19-23(18,20-2)21-5-6-8(15)9(16)10(22-6)13-4-3-7(14)12-11(13)17/h3-4,6,8-10,15-16H,5H2,1-2H3,(H,12,14,17)/t6-,8-,9-,10-/m1/s1. The predicted octanol–water partition coefficient (Wildman–Crippen LogP) is -1.43. The van der Waals surface area contributed by atoms with E-state index in [1.165, 1.54) is 0 Å². The van der Waals surface area contributed by atoms with Crippen LogP contribution in [0.15, 0.2) is 21.9 Å². The van der Waals surface area contributed by atoms with Crippen molar-refractivity contribution in [1.82, 2.24) is 9.55 Å². The molecule has 1 aromatic heterocycles. The van der Waals surface area contributed by atoms with E-state index in [0.29, 0.717) is 0 Å². The number of rotatable bonds is 6. The van der Waals surface area contributed by atoms with Gasteiger partial charge in [-0.1, -0.05) is 0 Å². The molecule has 1 aromatic rings. The van der Waals surface area contributed by atoms with E-state index in [2.05, 4.69) is 9.05 Å². The maximum absolute atomic E-state index is 11.8. The first-order valence-electron chi connectivity index (χ1n) is 6.50. The Hall–Kier alpha value is -1.33. The van der Waals surface area contributed by atoms with Crippen LogP contribution in [0.25, 0.3) is 0 Å². The number of aromatic amines is 1. The summed E-state index contributed by atoms with van der Waals surface area (Å²) >= 11 is 0. The van der Waals surface area contributed by atoms with Gasteiger partial charge in [-0.05, 0) is 0 Å². The third-order valence-corrected chi connectivity index (χ3v) is 4.67. The van der Waals surface area contributed by atoms with E-state index in [1.54, 1.807) is 0 Å². The first kappa shape index (κ1) is 18.0. The Balaban J connectivity index is 2.13. The molecule has 130 valence electrons. The lowest BCUT2D eigenvalue weighted by atomic mass is 10.1. The Morgan fingerprint density at radius 2 is 1.96 bits per heavy atom. The number of phosphoric acid groups is 1. The van der Waals surface area contributed by atoms with Gasteiger partial charge in [0.1, 0.15) is 18.3 Å². The highest BCUT2D eigenvalue weighted by Crippen LogP contribution is 2.48. The molecular formula is C11H17N2O9P. The largest absolute Gasteiger partial charge is 0.474 e. The Bertz CT molecular complexity index is 693. The average Bonchev–Trinajstić information content (AvgIpc) is 2.81. The van der Waals surface area contributed by atoms with Crippen LogP contribution in [-0.2, 0) is 22.9 Å². The van der Waals surface area contributed by atoms with Crippen LogP contribution in [0.2, 0.25) is 0 Å². The molecule has 1 aliphatic heterocycles. The zero-order valence-corrected chi connectivity index (χ0v) is 13.2. The molecule has 0 aromatic carbocycles. The normalized spacial score (nSPS) is 28.2. The number of nitrogens with one attached hydrogen (secondary N) is 1. The minimum absolute atomic E-state index is 0.411. The van der Waals surface area contributed by atoms with Gasteiger partial charge in [0.05, 0.1) is 6.61 Å². The molecule has 11 nitrogen and oxygen atoms in total. The highest BCUT2D eigenvalue weighted by atomic mass is 31.2. The van der Waals surface area contributed by atoms with E-state index in [0.717, 1.165) is 31.0 Å². The first-order valence-corrected chi connectivity index (χ1v) is 7.96. The maximum atomic E-state index is 11.8. The lowest BCUT2D eigenvalue weighted by Crippen LogP contribution is -2.37. The highest BCUT2D eigenvalue weighted by molar-refractivity contribution is 7.48. The van der Waals surface area contributed by atoms with Gasteiger partial charge in [0.2, 0.25) is 0 Å². The van der Waals surface area contributed by atoms with E-state index in [-0.39, 0.29) is 0 Å². The van der Waals surface area contributed by atoms with Crippen molar-refractivity contribution in [2.75, 3.05) is 20.8 Å². The van der Waals surface area contributed by atoms with Gasteiger partial charge in [0.25, 0.3) is 5.56 Å². The first-order chi connectivity index (χ1) is 10.8. The number of ether oxygens (including phenoxy) is 1. The van der Waals surface area contributed by atoms with Crippen molar-refractivity contribution in [3.8, 4) is 0 Å². The SMILES string of the molecule is COP(=O)(OC)OC[C@H]1O[C@@H](n2ccc(=O)[nH]c2=O)[C@H](O)[C@@H]1O. The molecule has 0 spiro atoms. The Morgan fingerprint density at radius 1 is 1.30 bits per heavy atom. The molecule has 2 heterocycles. The number of aliphatic hydroxyl groups is 2. The summed E-state index contributed by atoms with van der Waals surface area (Å²) in [5.74, 6) is 0. The highest BCUT2D eigenvalue weighted by Gasteiger charge is 2.45. The third kappa shape index (κ3) is 3.78. The molecule has 1 aliphatic rings. The summed E-state index contributed by atoms with van der Waals surface area (Å²) in [6.07, 6.45) is -4.09. The van der Waals surface area contributed by atoms with Gasteiger partial charge in [-0.25, -0.2) is 9.36 Å². The molecule has 0 radical (unpaired) electrons. The number of hydrogen-bond acceptors (Lipinski definition) is 9. The van der Waals surface area contributed by atoms with E-state index in [9.17, 15) is 24.4 Å². The minimum Gasteiger partial charge on any atom is -0.387 e. The fourth-order valence-electron chi connectivity index (χ4n) is 2.07. The van der Waals surface area contributed by atoms with Gasteiger partial charge in [-0.2, -0.15) is 0 Å². The van der Waals surface area contributed by atoms with Crippen molar-refractivity contribution in [2.24, 2.45) is 0 Å². The van der Waals surface area contributed by atoms with Crippen molar-refractivity contribution in [3.05, 3.63) is 33.1 Å². The molecule has 0 aliphatic carbocycles. The van der Waals surface area contributed by atoms with Crippen LogP contribution in [0.1, 0.15) is 6.23 Å². The second-order valence-corrected chi connectivity index (χ2v) is 6.55. The molecule has 1 saturated heterocycles. The van der Waals surface area contributed by atoms with Gasteiger partial charge >= 0.3 is 13.5 Å².